The van der Waals surface area contributed by atoms with Crippen LogP contribution >= 0.6 is 0 Å². The number of hydrogen-bond acceptors (Lipinski definition) is 6. The van der Waals surface area contributed by atoms with E-state index >= 15 is 0 Å². The van der Waals surface area contributed by atoms with E-state index in [1.165, 1.54) is 36.2 Å². The summed E-state index contributed by atoms with van der Waals surface area (Å²) in [5.41, 5.74) is 1.05. The van der Waals surface area contributed by atoms with E-state index in [2.05, 4.69) is 10.6 Å². The van der Waals surface area contributed by atoms with Gasteiger partial charge in [0.1, 0.15) is 17.3 Å². The molecule has 0 saturated carbocycles. The molecule has 1 saturated heterocycles. The molecule has 1 fully saturated rings. The molecule has 41 heavy (non-hydrogen) atoms. The first kappa shape index (κ1) is 28.9. The Hall–Kier alpha value is -5.13. The van der Waals surface area contributed by atoms with Crippen LogP contribution in [0.4, 0.5) is 14.9 Å². The minimum atomic E-state index is -1.40. The number of ether oxygens (including phenoxy) is 2. The van der Waals surface area contributed by atoms with E-state index in [1.807, 2.05) is 0 Å². The minimum Gasteiger partial charge on any atom is -0.497 e. The van der Waals surface area contributed by atoms with Crippen LogP contribution in [-0.2, 0) is 9.59 Å². The number of benzene rings is 3. The molecule has 1 aliphatic rings. The molecule has 11 nitrogen and oxygen atoms in total. The van der Waals surface area contributed by atoms with E-state index in [4.69, 9.17) is 9.47 Å². The summed E-state index contributed by atoms with van der Waals surface area (Å²) in [4.78, 5) is 54.7. The summed E-state index contributed by atoms with van der Waals surface area (Å²) in [6.45, 7) is 0.0707. The van der Waals surface area contributed by atoms with E-state index < -0.39 is 48.3 Å². The molecule has 2 unspecified atom stereocenters. The molecule has 3 aromatic rings. The predicted octanol–water partition coefficient (Wildman–Crippen LogP) is 3.49. The first-order valence-electron chi connectivity index (χ1n) is 12.6. The molecule has 1 aliphatic heterocycles. The first-order chi connectivity index (χ1) is 19.7. The van der Waals surface area contributed by atoms with Gasteiger partial charge in [-0.05, 0) is 66.2 Å². The number of carboxylic acid groups (broad SMARTS) is 1. The fourth-order valence-corrected chi connectivity index (χ4v) is 4.47. The number of hydrogen-bond donors (Lipinski definition) is 3. The maximum atomic E-state index is 13.7. The van der Waals surface area contributed by atoms with E-state index in [9.17, 15) is 28.7 Å². The van der Waals surface area contributed by atoms with Crippen molar-refractivity contribution in [3.8, 4) is 11.5 Å². The molecular weight excluding hydrogens is 535 g/mol. The highest BCUT2D eigenvalue weighted by atomic mass is 19.1. The molecule has 0 radical (unpaired) electrons. The second-order valence-electron chi connectivity index (χ2n) is 9.16. The Bertz CT molecular complexity index is 1400. The number of anilines is 1. The highest BCUT2D eigenvalue weighted by Crippen LogP contribution is 2.24. The number of methoxy groups -OCH3 is 2. The number of nitrogens with one attached hydrogen (secondary N) is 2. The largest absolute Gasteiger partial charge is 0.497 e. The van der Waals surface area contributed by atoms with Crippen LogP contribution in [0.5, 0.6) is 11.5 Å². The Kier molecular flexibility index (Phi) is 9.02. The molecule has 0 aromatic heterocycles. The van der Waals surface area contributed by atoms with Gasteiger partial charge in [-0.25, -0.2) is 9.18 Å². The molecule has 2 atom stereocenters. The van der Waals surface area contributed by atoms with Crippen molar-refractivity contribution in [2.45, 2.75) is 18.6 Å². The molecule has 1 heterocycles. The molecule has 0 spiro atoms. The molecule has 0 aliphatic carbocycles. The summed E-state index contributed by atoms with van der Waals surface area (Å²) in [5, 5.41) is 14.8. The van der Waals surface area contributed by atoms with E-state index in [-0.39, 0.29) is 18.7 Å². The third-order valence-electron chi connectivity index (χ3n) is 6.57. The monoisotopic (exact) mass is 564 g/mol. The van der Waals surface area contributed by atoms with Gasteiger partial charge >= 0.3 is 12.0 Å². The summed E-state index contributed by atoms with van der Waals surface area (Å²) in [7, 11) is 3.00. The third-order valence-corrected chi connectivity index (χ3v) is 6.57. The SMILES string of the molecule is COc1ccc(NC(=O)N2CCN(C(=O)c3ccc(OC)cc3)C2C(=O)NC(CC(=O)O)c2ccc(F)cc2)cc1. The Labute approximate surface area is 235 Å². The van der Waals surface area contributed by atoms with Crippen LogP contribution in [0.1, 0.15) is 28.4 Å². The summed E-state index contributed by atoms with van der Waals surface area (Å²) < 4.78 is 23.8. The van der Waals surface area contributed by atoms with Gasteiger partial charge in [-0.2, -0.15) is 0 Å². The van der Waals surface area contributed by atoms with Gasteiger partial charge in [0.25, 0.3) is 11.8 Å². The van der Waals surface area contributed by atoms with Gasteiger partial charge in [-0.15, -0.1) is 0 Å². The van der Waals surface area contributed by atoms with E-state index in [1.54, 1.807) is 48.5 Å². The van der Waals surface area contributed by atoms with E-state index in [0.717, 1.165) is 12.1 Å². The normalized spacial score (nSPS) is 15.1. The van der Waals surface area contributed by atoms with Crippen LogP contribution in [-0.4, -0.2) is 72.2 Å². The maximum Gasteiger partial charge on any atom is 0.323 e. The lowest BCUT2D eigenvalue weighted by Gasteiger charge is -2.31. The van der Waals surface area contributed by atoms with Gasteiger partial charge in [0.2, 0.25) is 0 Å². The van der Waals surface area contributed by atoms with Crippen molar-refractivity contribution in [2.24, 2.45) is 0 Å². The molecule has 3 N–H and O–H groups in total. The van der Waals surface area contributed by atoms with Crippen LogP contribution in [0.3, 0.4) is 0 Å². The third kappa shape index (κ3) is 6.90. The van der Waals surface area contributed by atoms with Crippen molar-refractivity contribution < 1.29 is 38.1 Å². The van der Waals surface area contributed by atoms with Gasteiger partial charge in [-0.3, -0.25) is 19.3 Å². The zero-order valence-electron chi connectivity index (χ0n) is 22.4. The molecule has 0 bridgehead atoms. The number of urea groups is 1. The predicted molar refractivity (Wildman–Crippen MR) is 146 cm³/mol. The number of carboxylic acids is 1. The lowest BCUT2D eigenvalue weighted by molar-refractivity contribution is -0.138. The summed E-state index contributed by atoms with van der Waals surface area (Å²) >= 11 is 0. The van der Waals surface area contributed by atoms with Crippen molar-refractivity contribution in [1.29, 1.82) is 0 Å². The summed E-state index contributed by atoms with van der Waals surface area (Å²) in [5.74, 6) is -1.89. The molecule has 214 valence electrons. The molecule has 12 heteroatoms. The highest BCUT2D eigenvalue weighted by Gasteiger charge is 2.43. The standard InChI is InChI=1S/C29H29FN4O7/c1-40-22-11-5-19(6-12-22)28(38)33-15-16-34(29(39)31-21-9-13-23(41-2)14-10-21)27(33)26(37)32-24(17-25(35)36)18-3-7-20(30)8-4-18/h3-14,24,27H,15-17H2,1-2H3,(H,31,39)(H,32,37)(H,35,36). The van der Waals surface area contributed by atoms with Crippen LogP contribution in [0.2, 0.25) is 0 Å². The summed E-state index contributed by atoms with van der Waals surface area (Å²) in [6, 6.07) is 16.2. The fourth-order valence-electron chi connectivity index (χ4n) is 4.47. The lowest BCUT2D eigenvalue weighted by Crippen LogP contribution is -2.55. The Morgan fingerprint density at radius 2 is 1.44 bits per heavy atom. The van der Waals surface area contributed by atoms with Gasteiger partial charge in [0.15, 0.2) is 6.17 Å². The Balaban J connectivity index is 1.63. The van der Waals surface area contributed by atoms with Gasteiger partial charge in [0.05, 0.1) is 26.7 Å². The average molecular weight is 565 g/mol. The van der Waals surface area contributed by atoms with Gasteiger partial charge < -0.3 is 30.1 Å². The topological polar surface area (TPSA) is 138 Å². The second kappa shape index (κ2) is 12.8. The lowest BCUT2D eigenvalue weighted by atomic mass is 10.0. The molecular formula is C29H29FN4O7. The second-order valence-corrected chi connectivity index (χ2v) is 9.16. The van der Waals surface area contributed by atoms with E-state index in [0.29, 0.717) is 22.7 Å². The zero-order chi connectivity index (χ0) is 29.5. The van der Waals surface area contributed by atoms with Crippen LogP contribution < -0.4 is 20.1 Å². The summed E-state index contributed by atoms with van der Waals surface area (Å²) in [6.07, 6.45) is -1.91. The quantitative estimate of drug-likeness (QED) is 0.362. The van der Waals surface area contributed by atoms with Crippen LogP contribution in [0.25, 0.3) is 0 Å². The number of aliphatic carboxylic acids is 1. The van der Waals surface area contributed by atoms with Crippen LogP contribution in [0, 0.1) is 5.82 Å². The number of carbonyl (C=O) groups is 4. The smallest absolute Gasteiger partial charge is 0.323 e. The van der Waals surface area contributed by atoms with Gasteiger partial charge in [0, 0.05) is 24.3 Å². The van der Waals surface area contributed by atoms with Crippen molar-refractivity contribution in [3.05, 3.63) is 89.7 Å². The minimum absolute atomic E-state index is 0.0299. The van der Waals surface area contributed by atoms with Gasteiger partial charge in [-0.1, -0.05) is 12.1 Å². The first-order valence-corrected chi connectivity index (χ1v) is 12.6. The highest BCUT2D eigenvalue weighted by molar-refractivity contribution is 6.00. The molecule has 4 rings (SSSR count). The molecule has 3 aromatic carbocycles. The fraction of sp³-hybridized carbons (Fsp3) is 0.241. The van der Waals surface area contributed by atoms with Crippen molar-refractivity contribution in [2.75, 3.05) is 32.6 Å². The number of amides is 4. The van der Waals surface area contributed by atoms with Crippen LogP contribution in [0.15, 0.2) is 72.8 Å². The number of halogens is 1. The number of nitrogens with zero attached hydrogens (tertiary/aromatic N) is 2. The van der Waals surface area contributed by atoms with Crippen molar-refractivity contribution >= 4 is 29.5 Å². The average Bonchev–Trinajstić information content (AvgIpc) is 3.43. The Morgan fingerprint density at radius 3 is 2.00 bits per heavy atom. The number of carbonyl (C=O) groups excluding carboxylic acids is 3. The maximum absolute atomic E-state index is 13.7. The number of rotatable bonds is 9. The molecule has 4 amide bonds. The van der Waals surface area contributed by atoms with Crippen molar-refractivity contribution in [3.63, 3.8) is 0 Å². The zero-order valence-corrected chi connectivity index (χ0v) is 22.4. The Morgan fingerprint density at radius 1 is 0.878 bits per heavy atom. The van der Waals surface area contributed by atoms with Crippen molar-refractivity contribution in [1.82, 2.24) is 15.1 Å².